The number of hydrogen-bond donors (Lipinski definition) is 2. The molecule has 1 unspecified atom stereocenters. The summed E-state index contributed by atoms with van der Waals surface area (Å²) in [6.07, 6.45) is 0.273. The number of nitrogens with one attached hydrogen (secondary N) is 1. The lowest BCUT2D eigenvalue weighted by molar-refractivity contribution is 0.186. The number of aliphatic hydroxyl groups is 1. The summed E-state index contributed by atoms with van der Waals surface area (Å²) >= 11 is 0. The molecule has 27 heavy (non-hydrogen) atoms. The Bertz CT molecular complexity index is 807. The number of aliphatic hydroxyl groups excluding tert-OH is 1. The van der Waals surface area contributed by atoms with Crippen LogP contribution in [0.15, 0.2) is 47.5 Å². The lowest BCUT2D eigenvalue weighted by atomic mass is 10.1. The molecule has 0 amide bonds. The summed E-state index contributed by atoms with van der Waals surface area (Å²) < 4.78 is 10.6. The van der Waals surface area contributed by atoms with E-state index in [4.69, 9.17) is 9.47 Å². The monoisotopic (exact) mass is 369 g/mol. The van der Waals surface area contributed by atoms with Crippen molar-refractivity contribution in [1.82, 2.24) is 5.32 Å². The molecule has 0 spiro atoms. The molecular weight excluding hydrogens is 342 g/mol. The third-order valence-electron chi connectivity index (χ3n) is 4.68. The average molecular weight is 369 g/mol. The Balaban J connectivity index is 1.78. The Morgan fingerprint density at radius 2 is 1.96 bits per heavy atom. The normalized spacial score (nSPS) is 14.7. The van der Waals surface area contributed by atoms with Gasteiger partial charge in [0.2, 0.25) is 0 Å². The fourth-order valence-corrected chi connectivity index (χ4v) is 3.29. The lowest BCUT2D eigenvalue weighted by Crippen LogP contribution is -2.40. The molecular formula is C21H27N3O3. The second kappa shape index (κ2) is 8.77. The molecule has 1 aliphatic heterocycles. The number of ether oxygens (including phenoxy) is 2. The predicted octanol–water partition coefficient (Wildman–Crippen LogP) is 2.77. The van der Waals surface area contributed by atoms with Gasteiger partial charge < -0.3 is 24.8 Å². The molecule has 0 aliphatic carbocycles. The summed E-state index contributed by atoms with van der Waals surface area (Å²) in [5.41, 5.74) is 3.25. The molecule has 1 heterocycles. The van der Waals surface area contributed by atoms with Gasteiger partial charge in [-0.15, -0.1) is 0 Å². The molecule has 0 radical (unpaired) electrons. The number of fused-ring (bicyclic) bond motifs is 1. The Kier molecular flexibility index (Phi) is 6.19. The molecule has 0 aromatic heterocycles. The molecule has 0 fully saturated rings. The maximum atomic E-state index is 10.6. The summed E-state index contributed by atoms with van der Waals surface area (Å²) in [6.45, 7) is 3.96. The van der Waals surface area contributed by atoms with Crippen molar-refractivity contribution >= 4 is 11.6 Å². The van der Waals surface area contributed by atoms with Crippen LogP contribution in [-0.4, -0.2) is 44.9 Å². The van der Waals surface area contributed by atoms with Gasteiger partial charge in [0.25, 0.3) is 0 Å². The summed E-state index contributed by atoms with van der Waals surface area (Å²) in [6, 6.07) is 13.8. The molecule has 2 aromatic carbocycles. The van der Waals surface area contributed by atoms with Crippen molar-refractivity contribution in [2.75, 3.05) is 38.8 Å². The van der Waals surface area contributed by atoms with Crippen LogP contribution >= 0.6 is 0 Å². The lowest BCUT2D eigenvalue weighted by Gasteiger charge is -2.23. The van der Waals surface area contributed by atoms with E-state index in [2.05, 4.69) is 33.4 Å². The first-order valence-corrected chi connectivity index (χ1v) is 9.21. The van der Waals surface area contributed by atoms with E-state index < -0.39 is 6.10 Å². The van der Waals surface area contributed by atoms with Crippen LogP contribution in [-0.2, 0) is 6.42 Å². The molecule has 0 saturated heterocycles. The largest absolute Gasteiger partial charge is 0.493 e. The summed E-state index contributed by atoms with van der Waals surface area (Å²) in [5.74, 6) is 2.03. The fraction of sp³-hybridized carbons (Fsp3) is 0.381. The van der Waals surface area contributed by atoms with E-state index in [0.717, 1.165) is 31.0 Å². The number of anilines is 1. The molecule has 6 heteroatoms. The van der Waals surface area contributed by atoms with E-state index in [9.17, 15) is 5.11 Å². The van der Waals surface area contributed by atoms with Crippen molar-refractivity contribution in [2.24, 2.45) is 4.99 Å². The van der Waals surface area contributed by atoms with Crippen LogP contribution in [0, 0.1) is 0 Å². The van der Waals surface area contributed by atoms with Crippen LogP contribution in [0.25, 0.3) is 0 Å². The van der Waals surface area contributed by atoms with Gasteiger partial charge in [0.15, 0.2) is 17.5 Å². The minimum Gasteiger partial charge on any atom is -0.493 e. The minimum atomic E-state index is -0.726. The smallest absolute Gasteiger partial charge is 0.198 e. The van der Waals surface area contributed by atoms with Crippen molar-refractivity contribution in [3.63, 3.8) is 0 Å². The van der Waals surface area contributed by atoms with Crippen LogP contribution < -0.4 is 19.7 Å². The second-order valence-electron chi connectivity index (χ2n) is 6.36. The molecule has 6 nitrogen and oxygen atoms in total. The van der Waals surface area contributed by atoms with E-state index >= 15 is 0 Å². The van der Waals surface area contributed by atoms with E-state index in [1.165, 1.54) is 11.3 Å². The van der Waals surface area contributed by atoms with Crippen LogP contribution in [0.2, 0.25) is 0 Å². The third kappa shape index (κ3) is 4.17. The standard InChI is InChI=1S/C21H27N3O3/c1-4-22-21(24-12-11-15-7-5-6-8-17(15)24)23-14-18(25)16-9-10-19(26-2)20(13-16)27-3/h5-10,13,18,25H,4,11-12,14H2,1-3H3,(H,22,23). The van der Waals surface area contributed by atoms with Gasteiger partial charge in [-0.1, -0.05) is 24.3 Å². The van der Waals surface area contributed by atoms with Gasteiger partial charge in [-0.2, -0.15) is 0 Å². The van der Waals surface area contributed by atoms with Gasteiger partial charge in [0, 0.05) is 18.8 Å². The Hall–Kier alpha value is -2.73. The van der Waals surface area contributed by atoms with Crippen LogP contribution in [0.5, 0.6) is 11.5 Å². The first-order valence-electron chi connectivity index (χ1n) is 9.21. The third-order valence-corrected chi connectivity index (χ3v) is 4.68. The Morgan fingerprint density at radius 1 is 1.19 bits per heavy atom. The Morgan fingerprint density at radius 3 is 2.70 bits per heavy atom. The van der Waals surface area contributed by atoms with Crippen molar-refractivity contribution in [3.05, 3.63) is 53.6 Å². The number of nitrogens with zero attached hydrogens (tertiary/aromatic N) is 2. The number of benzene rings is 2. The summed E-state index contributed by atoms with van der Waals surface area (Å²) in [4.78, 5) is 6.86. The highest BCUT2D eigenvalue weighted by atomic mass is 16.5. The number of methoxy groups -OCH3 is 2. The van der Waals surface area contributed by atoms with Crippen molar-refractivity contribution in [3.8, 4) is 11.5 Å². The maximum Gasteiger partial charge on any atom is 0.198 e. The molecule has 0 saturated carbocycles. The molecule has 2 aromatic rings. The highest BCUT2D eigenvalue weighted by molar-refractivity contribution is 5.98. The van der Waals surface area contributed by atoms with Crippen molar-refractivity contribution < 1.29 is 14.6 Å². The average Bonchev–Trinajstić information content (AvgIpc) is 3.14. The van der Waals surface area contributed by atoms with Crippen LogP contribution in [0.3, 0.4) is 0 Å². The molecule has 0 bridgehead atoms. The van der Waals surface area contributed by atoms with Gasteiger partial charge in [-0.05, 0) is 42.7 Å². The fourth-order valence-electron chi connectivity index (χ4n) is 3.29. The van der Waals surface area contributed by atoms with Gasteiger partial charge in [0.1, 0.15) is 0 Å². The zero-order valence-electron chi connectivity index (χ0n) is 16.1. The highest BCUT2D eigenvalue weighted by Crippen LogP contribution is 2.30. The maximum absolute atomic E-state index is 10.6. The van der Waals surface area contributed by atoms with E-state index in [1.54, 1.807) is 26.4 Å². The number of aliphatic imine (C=N–C) groups is 1. The van der Waals surface area contributed by atoms with Gasteiger partial charge in [-0.25, -0.2) is 4.99 Å². The van der Waals surface area contributed by atoms with Crippen LogP contribution in [0.4, 0.5) is 5.69 Å². The summed E-state index contributed by atoms with van der Waals surface area (Å²) in [7, 11) is 3.18. The first kappa shape index (κ1) is 19.0. The first-order chi connectivity index (χ1) is 13.2. The molecule has 144 valence electrons. The SMILES string of the molecule is CCNC(=NCC(O)c1ccc(OC)c(OC)c1)N1CCc2ccccc21. The predicted molar refractivity (Wildman–Crippen MR) is 108 cm³/mol. The van der Waals surface area contributed by atoms with Crippen molar-refractivity contribution in [1.29, 1.82) is 0 Å². The topological polar surface area (TPSA) is 66.3 Å². The highest BCUT2D eigenvalue weighted by Gasteiger charge is 2.22. The number of hydrogen-bond acceptors (Lipinski definition) is 4. The minimum absolute atomic E-state index is 0.260. The van der Waals surface area contributed by atoms with Crippen molar-refractivity contribution in [2.45, 2.75) is 19.4 Å². The summed E-state index contributed by atoms with van der Waals surface area (Å²) in [5, 5.41) is 13.9. The number of para-hydroxylation sites is 1. The van der Waals surface area contributed by atoms with Crippen LogP contribution in [0.1, 0.15) is 24.2 Å². The molecule has 2 N–H and O–H groups in total. The van der Waals surface area contributed by atoms with Gasteiger partial charge in [-0.3, -0.25) is 0 Å². The molecule has 1 aliphatic rings. The van der Waals surface area contributed by atoms with Gasteiger partial charge in [0.05, 0.1) is 26.9 Å². The van der Waals surface area contributed by atoms with Gasteiger partial charge >= 0.3 is 0 Å². The Labute approximate surface area is 160 Å². The van der Waals surface area contributed by atoms with E-state index in [0.29, 0.717) is 11.5 Å². The zero-order valence-corrected chi connectivity index (χ0v) is 16.1. The van der Waals surface area contributed by atoms with E-state index in [-0.39, 0.29) is 6.54 Å². The number of rotatable bonds is 6. The van der Waals surface area contributed by atoms with E-state index in [1.807, 2.05) is 19.1 Å². The molecule has 1 atom stereocenters. The molecule has 3 rings (SSSR count). The number of guanidine groups is 1. The zero-order chi connectivity index (χ0) is 19.2. The second-order valence-corrected chi connectivity index (χ2v) is 6.36. The quantitative estimate of drug-likeness (QED) is 0.605.